The normalized spacial score (nSPS) is 12.5. The molecule has 6 heteroatoms. The van der Waals surface area contributed by atoms with Crippen LogP contribution in [0.1, 0.15) is 285 Å². The highest BCUT2D eigenvalue weighted by atomic mass is 16.6. The Hall–Kier alpha value is -1.59. The highest BCUT2D eigenvalue weighted by Crippen LogP contribution is 2.18. The Morgan fingerprint density at radius 2 is 0.655 bits per heavy atom. The summed E-state index contributed by atoms with van der Waals surface area (Å²) in [6.45, 7) is 11.4. The van der Waals surface area contributed by atoms with Crippen LogP contribution < -0.4 is 0 Å². The molecule has 58 heavy (non-hydrogen) atoms. The number of hydrogen-bond donors (Lipinski definition) is 0. The van der Waals surface area contributed by atoms with Crippen LogP contribution in [0, 0.1) is 11.8 Å². The second-order valence-electron chi connectivity index (χ2n) is 18.5. The molecule has 0 aliphatic heterocycles. The quantitative estimate of drug-likeness (QED) is 0.0346. The van der Waals surface area contributed by atoms with E-state index >= 15 is 0 Å². The Kier molecular flexibility index (Phi) is 43.7. The van der Waals surface area contributed by atoms with Gasteiger partial charge in [-0.3, -0.25) is 14.4 Å². The average Bonchev–Trinajstić information content (AvgIpc) is 3.21. The Morgan fingerprint density at radius 3 is 0.983 bits per heavy atom. The lowest BCUT2D eigenvalue weighted by Crippen LogP contribution is -2.30. The van der Waals surface area contributed by atoms with Gasteiger partial charge in [0, 0.05) is 19.3 Å². The molecule has 0 saturated heterocycles. The van der Waals surface area contributed by atoms with Crippen LogP contribution in [-0.4, -0.2) is 37.2 Å². The molecule has 2 atom stereocenters. The molecule has 0 saturated carbocycles. The van der Waals surface area contributed by atoms with Crippen LogP contribution in [0.2, 0.25) is 0 Å². The SMILES string of the molecule is CCCCCCCCCC(=O)OC[C@@H](COC(=O)CCCCCCCCCCC(C)CC)OC(=O)CCCCCCCCCCCCCCCCCCCCC(C)C. The molecule has 0 aliphatic carbocycles. The Bertz CT molecular complexity index is 887. The average molecular weight is 821 g/mol. The molecule has 0 bridgehead atoms. The third-order valence-electron chi connectivity index (χ3n) is 12.1. The second-order valence-corrected chi connectivity index (χ2v) is 18.5. The third kappa shape index (κ3) is 44.0. The molecular weight excluding hydrogens is 721 g/mol. The Labute approximate surface area is 361 Å². The van der Waals surface area contributed by atoms with Gasteiger partial charge in [0.2, 0.25) is 0 Å². The van der Waals surface area contributed by atoms with Crippen molar-refractivity contribution in [3.63, 3.8) is 0 Å². The van der Waals surface area contributed by atoms with Gasteiger partial charge in [0.1, 0.15) is 13.2 Å². The van der Waals surface area contributed by atoms with Crippen molar-refractivity contribution in [2.75, 3.05) is 13.2 Å². The maximum Gasteiger partial charge on any atom is 0.306 e. The summed E-state index contributed by atoms with van der Waals surface area (Å²) in [5.41, 5.74) is 0. The fraction of sp³-hybridized carbons (Fsp3) is 0.942. The van der Waals surface area contributed by atoms with Crippen molar-refractivity contribution in [1.29, 1.82) is 0 Å². The van der Waals surface area contributed by atoms with Gasteiger partial charge in [0.25, 0.3) is 0 Å². The largest absolute Gasteiger partial charge is 0.462 e. The molecule has 0 aromatic carbocycles. The van der Waals surface area contributed by atoms with E-state index in [0.29, 0.717) is 19.3 Å². The molecular formula is C52H100O6. The molecule has 0 aliphatic rings. The summed E-state index contributed by atoms with van der Waals surface area (Å²) < 4.78 is 16.7. The van der Waals surface area contributed by atoms with Crippen molar-refractivity contribution in [1.82, 2.24) is 0 Å². The highest BCUT2D eigenvalue weighted by Gasteiger charge is 2.19. The standard InChI is InChI=1S/C52H100O6/c1-6-8-9-10-25-32-37-42-50(53)56-45-49(46-57-51(54)43-38-33-28-24-23-27-31-36-41-48(5)7-2)58-52(55)44-39-34-29-22-20-18-16-14-12-11-13-15-17-19-21-26-30-35-40-47(3)4/h47-49H,6-46H2,1-5H3/t48?,49-/m0/s1. The smallest absolute Gasteiger partial charge is 0.306 e. The van der Waals surface area contributed by atoms with Crippen molar-refractivity contribution in [3.05, 3.63) is 0 Å². The first-order chi connectivity index (χ1) is 28.3. The zero-order chi connectivity index (χ0) is 42.6. The maximum atomic E-state index is 12.8. The Balaban J connectivity index is 4.16. The Morgan fingerprint density at radius 1 is 0.362 bits per heavy atom. The molecule has 0 aromatic rings. The molecule has 0 rings (SSSR count). The van der Waals surface area contributed by atoms with Crippen LogP contribution in [0.25, 0.3) is 0 Å². The van der Waals surface area contributed by atoms with E-state index in [9.17, 15) is 14.4 Å². The van der Waals surface area contributed by atoms with Gasteiger partial charge in [0.05, 0.1) is 0 Å². The lowest BCUT2D eigenvalue weighted by atomic mass is 9.99. The predicted octanol–water partition coefficient (Wildman–Crippen LogP) is 16.5. The van der Waals surface area contributed by atoms with Crippen molar-refractivity contribution >= 4 is 17.9 Å². The summed E-state index contributed by atoms with van der Waals surface area (Å²) in [6.07, 6.45) is 45.3. The molecule has 1 unspecified atom stereocenters. The fourth-order valence-corrected chi connectivity index (χ4v) is 7.78. The van der Waals surface area contributed by atoms with Crippen molar-refractivity contribution in [3.8, 4) is 0 Å². The van der Waals surface area contributed by atoms with E-state index in [1.807, 2.05) is 0 Å². The van der Waals surface area contributed by atoms with Crippen LogP contribution in [0.5, 0.6) is 0 Å². The summed E-state index contributed by atoms with van der Waals surface area (Å²) in [6, 6.07) is 0. The topological polar surface area (TPSA) is 78.9 Å². The van der Waals surface area contributed by atoms with Gasteiger partial charge in [-0.25, -0.2) is 0 Å². The zero-order valence-corrected chi connectivity index (χ0v) is 39.7. The minimum atomic E-state index is -0.760. The van der Waals surface area contributed by atoms with Gasteiger partial charge in [0.15, 0.2) is 6.10 Å². The van der Waals surface area contributed by atoms with E-state index in [-0.39, 0.29) is 31.1 Å². The van der Waals surface area contributed by atoms with E-state index in [0.717, 1.165) is 69.6 Å². The first-order valence-corrected chi connectivity index (χ1v) is 25.8. The number of ether oxygens (including phenoxy) is 3. The van der Waals surface area contributed by atoms with Gasteiger partial charge in [-0.2, -0.15) is 0 Å². The summed E-state index contributed by atoms with van der Waals surface area (Å²) in [7, 11) is 0. The maximum absolute atomic E-state index is 12.8. The fourth-order valence-electron chi connectivity index (χ4n) is 7.78. The number of unbranched alkanes of at least 4 members (excludes halogenated alkanes) is 30. The van der Waals surface area contributed by atoms with Gasteiger partial charge in [-0.15, -0.1) is 0 Å². The summed E-state index contributed by atoms with van der Waals surface area (Å²) in [5.74, 6) is 0.849. The summed E-state index contributed by atoms with van der Waals surface area (Å²) in [5, 5.41) is 0. The van der Waals surface area contributed by atoms with Crippen molar-refractivity contribution < 1.29 is 28.6 Å². The van der Waals surface area contributed by atoms with Gasteiger partial charge < -0.3 is 14.2 Å². The minimum absolute atomic E-state index is 0.0648. The lowest BCUT2D eigenvalue weighted by Gasteiger charge is -2.18. The number of esters is 3. The molecule has 0 amide bonds. The van der Waals surface area contributed by atoms with Gasteiger partial charge in [-0.1, -0.05) is 247 Å². The predicted molar refractivity (Wildman–Crippen MR) is 247 cm³/mol. The first kappa shape index (κ1) is 56.4. The van der Waals surface area contributed by atoms with Crippen LogP contribution in [0.4, 0.5) is 0 Å². The van der Waals surface area contributed by atoms with E-state index in [1.165, 1.54) is 173 Å². The molecule has 0 heterocycles. The minimum Gasteiger partial charge on any atom is -0.462 e. The second kappa shape index (κ2) is 44.9. The molecule has 0 aromatic heterocycles. The third-order valence-corrected chi connectivity index (χ3v) is 12.1. The van der Waals surface area contributed by atoms with Crippen LogP contribution in [0.15, 0.2) is 0 Å². The van der Waals surface area contributed by atoms with E-state index in [4.69, 9.17) is 14.2 Å². The molecule has 0 N–H and O–H groups in total. The molecule has 0 radical (unpaired) electrons. The van der Waals surface area contributed by atoms with Crippen LogP contribution in [-0.2, 0) is 28.6 Å². The first-order valence-electron chi connectivity index (χ1n) is 25.8. The molecule has 6 nitrogen and oxygen atoms in total. The number of carbonyl (C=O) groups excluding carboxylic acids is 3. The molecule has 0 spiro atoms. The van der Waals surface area contributed by atoms with Crippen molar-refractivity contribution in [2.24, 2.45) is 11.8 Å². The van der Waals surface area contributed by atoms with Gasteiger partial charge >= 0.3 is 17.9 Å². The molecule has 344 valence electrons. The van der Waals surface area contributed by atoms with Crippen molar-refractivity contribution in [2.45, 2.75) is 291 Å². The van der Waals surface area contributed by atoms with Crippen LogP contribution >= 0.6 is 0 Å². The monoisotopic (exact) mass is 821 g/mol. The molecule has 0 fully saturated rings. The number of hydrogen-bond acceptors (Lipinski definition) is 6. The van der Waals surface area contributed by atoms with Crippen LogP contribution in [0.3, 0.4) is 0 Å². The zero-order valence-electron chi connectivity index (χ0n) is 39.7. The number of carbonyl (C=O) groups is 3. The summed E-state index contributed by atoms with van der Waals surface area (Å²) >= 11 is 0. The van der Waals surface area contributed by atoms with E-state index in [2.05, 4.69) is 34.6 Å². The van der Waals surface area contributed by atoms with E-state index in [1.54, 1.807) is 0 Å². The lowest BCUT2D eigenvalue weighted by molar-refractivity contribution is -0.167. The van der Waals surface area contributed by atoms with E-state index < -0.39 is 6.10 Å². The highest BCUT2D eigenvalue weighted by molar-refractivity contribution is 5.71. The van der Waals surface area contributed by atoms with Gasteiger partial charge in [-0.05, 0) is 31.1 Å². The summed E-state index contributed by atoms with van der Waals surface area (Å²) in [4.78, 5) is 37.7. The number of rotatable bonds is 46.